The van der Waals surface area contributed by atoms with Gasteiger partial charge in [-0.3, -0.25) is 24.5 Å². The van der Waals surface area contributed by atoms with E-state index in [1.54, 1.807) is 30.3 Å². The molecule has 2 heterocycles. The SMILES string of the molecule is CCC1(c2ccc(NC(=O)C(=O)NCCc3c[nH]c4ccc(Cl)cc34)cc2)CCC(=O)NC1=O. The van der Waals surface area contributed by atoms with E-state index >= 15 is 0 Å². The Morgan fingerprint density at radius 2 is 1.85 bits per heavy atom. The minimum absolute atomic E-state index is 0.266. The van der Waals surface area contributed by atoms with E-state index in [0.29, 0.717) is 30.0 Å². The van der Waals surface area contributed by atoms with Gasteiger partial charge in [0.25, 0.3) is 0 Å². The number of benzene rings is 2. The number of halogens is 1. The van der Waals surface area contributed by atoms with Gasteiger partial charge in [0.2, 0.25) is 11.8 Å². The standard InChI is InChI=1S/C25H25ClN4O4/c1-2-25(11-9-21(31)30-24(25)34)16-3-6-18(7-4-16)29-23(33)22(32)27-12-10-15-14-28-20-8-5-17(26)13-19(15)20/h3-8,13-14,28H,2,9-12H2,1H3,(H,27,32)(H,29,33)(H,30,31,34). The molecule has 2 aromatic carbocycles. The number of aromatic amines is 1. The van der Waals surface area contributed by atoms with Gasteiger partial charge in [-0.15, -0.1) is 0 Å². The fourth-order valence-electron chi connectivity index (χ4n) is 4.38. The lowest BCUT2D eigenvalue weighted by atomic mass is 9.72. The van der Waals surface area contributed by atoms with Crippen molar-refractivity contribution in [3.8, 4) is 0 Å². The number of aromatic nitrogens is 1. The fourth-order valence-corrected chi connectivity index (χ4v) is 4.55. The van der Waals surface area contributed by atoms with Crippen LogP contribution >= 0.6 is 11.6 Å². The molecule has 1 unspecified atom stereocenters. The molecule has 3 aromatic rings. The molecule has 0 saturated carbocycles. The summed E-state index contributed by atoms with van der Waals surface area (Å²) in [7, 11) is 0. The lowest BCUT2D eigenvalue weighted by Gasteiger charge is -2.35. The molecule has 4 N–H and O–H groups in total. The predicted octanol–water partition coefficient (Wildman–Crippen LogP) is 3.20. The third-order valence-electron chi connectivity index (χ3n) is 6.38. The van der Waals surface area contributed by atoms with Crippen LogP contribution in [-0.2, 0) is 31.0 Å². The van der Waals surface area contributed by atoms with E-state index < -0.39 is 17.2 Å². The van der Waals surface area contributed by atoms with Crippen LogP contribution in [0, 0.1) is 0 Å². The average molecular weight is 481 g/mol. The number of amides is 4. The van der Waals surface area contributed by atoms with Crippen LogP contribution in [0.15, 0.2) is 48.7 Å². The second-order valence-electron chi connectivity index (χ2n) is 8.35. The van der Waals surface area contributed by atoms with E-state index in [2.05, 4.69) is 20.9 Å². The van der Waals surface area contributed by atoms with Gasteiger partial charge in [-0.05, 0) is 60.7 Å². The third kappa shape index (κ3) is 4.68. The number of carbonyl (C=O) groups excluding carboxylic acids is 4. The molecular weight excluding hydrogens is 456 g/mol. The molecule has 1 saturated heterocycles. The van der Waals surface area contributed by atoms with Gasteiger partial charge >= 0.3 is 11.8 Å². The van der Waals surface area contributed by atoms with E-state index in [1.165, 1.54) is 0 Å². The third-order valence-corrected chi connectivity index (χ3v) is 6.62. The number of nitrogens with one attached hydrogen (secondary N) is 4. The van der Waals surface area contributed by atoms with Crippen LogP contribution in [0.5, 0.6) is 0 Å². The molecule has 0 spiro atoms. The summed E-state index contributed by atoms with van der Waals surface area (Å²) in [4.78, 5) is 51.8. The maximum atomic E-state index is 12.5. The van der Waals surface area contributed by atoms with Crippen molar-refractivity contribution in [3.05, 3.63) is 64.8 Å². The predicted molar refractivity (Wildman–Crippen MR) is 129 cm³/mol. The maximum absolute atomic E-state index is 12.5. The van der Waals surface area contributed by atoms with Crippen molar-refractivity contribution >= 4 is 51.8 Å². The fraction of sp³-hybridized carbons (Fsp3) is 0.280. The largest absolute Gasteiger partial charge is 0.361 e. The molecule has 4 rings (SSSR count). The van der Waals surface area contributed by atoms with Gasteiger partial charge in [0.05, 0.1) is 5.41 Å². The number of hydrogen-bond acceptors (Lipinski definition) is 4. The molecule has 4 amide bonds. The Balaban J connectivity index is 1.33. The summed E-state index contributed by atoms with van der Waals surface area (Å²) in [6.45, 7) is 2.19. The quantitative estimate of drug-likeness (QED) is 0.320. The number of piperidine rings is 1. The van der Waals surface area contributed by atoms with Crippen LogP contribution in [0.4, 0.5) is 5.69 Å². The molecule has 0 bridgehead atoms. The lowest BCUT2D eigenvalue weighted by Crippen LogP contribution is -2.51. The lowest BCUT2D eigenvalue weighted by molar-refractivity contribution is -0.138. The molecule has 176 valence electrons. The molecule has 9 heteroatoms. The van der Waals surface area contributed by atoms with E-state index in [1.807, 2.05) is 25.3 Å². The van der Waals surface area contributed by atoms with Gasteiger partial charge in [-0.25, -0.2) is 0 Å². The topological polar surface area (TPSA) is 120 Å². The van der Waals surface area contributed by atoms with Gasteiger partial charge in [-0.1, -0.05) is 30.7 Å². The minimum atomic E-state index is -0.777. The van der Waals surface area contributed by atoms with Crippen LogP contribution in [0.2, 0.25) is 5.02 Å². The van der Waals surface area contributed by atoms with Crippen molar-refractivity contribution in [1.82, 2.24) is 15.6 Å². The Hall–Kier alpha value is -3.65. The van der Waals surface area contributed by atoms with Crippen LogP contribution in [-0.4, -0.2) is 35.2 Å². The van der Waals surface area contributed by atoms with Crippen molar-refractivity contribution in [1.29, 1.82) is 0 Å². The molecule has 1 atom stereocenters. The minimum Gasteiger partial charge on any atom is -0.361 e. The molecule has 8 nitrogen and oxygen atoms in total. The number of imide groups is 1. The van der Waals surface area contributed by atoms with E-state index in [0.717, 1.165) is 22.0 Å². The summed E-state index contributed by atoms with van der Waals surface area (Å²) in [6, 6.07) is 12.3. The first-order valence-electron chi connectivity index (χ1n) is 11.1. The van der Waals surface area contributed by atoms with Crippen molar-refractivity contribution in [2.75, 3.05) is 11.9 Å². The summed E-state index contributed by atoms with van der Waals surface area (Å²) in [5.41, 5.74) is 2.37. The number of rotatable bonds is 6. The smallest absolute Gasteiger partial charge is 0.313 e. The maximum Gasteiger partial charge on any atom is 0.313 e. The zero-order valence-corrected chi connectivity index (χ0v) is 19.4. The van der Waals surface area contributed by atoms with Crippen LogP contribution in [0.3, 0.4) is 0 Å². The molecule has 1 fully saturated rings. The molecule has 0 radical (unpaired) electrons. The Morgan fingerprint density at radius 3 is 2.56 bits per heavy atom. The highest BCUT2D eigenvalue weighted by molar-refractivity contribution is 6.39. The molecule has 1 aromatic heterocycles. The van der Waals surface area contributed by atoms with Gasteiger partial charge in [-0.2, -0.15) is 0 Å². The van der Waals surface area contributed by atoms with Crippen molar-refractivity contribution in [2.45, 2.75) is 38.0 Å². The zero-order chi connectivity index (χ0) is 24.3. The summed E-state index contributed by atoms with van der Waals surface area (Å²) < 4.78 is 0. The highest BCUT2D eigenvalue weighted by Crippen LogP contribution is 2.36. The highest BCUT2D eigenvalue weighted by atomic mass is 35.5. The molecule has 0 aliphatic carbocycles. The molecular formula is C25H25ClN4O4. The zero-order valence-electron chi connectivity index (χ0n) is 18.7. The first-order valence-corrected chi connectivity index (χ1v) is 11.5. The summed E-state index contributed by atoms with van der Waals surface area (Å²) in [5, 5.41) is 9.22. The average Bonchev–Trinajstić information content (AvgIpc) is 3.22. The van der Waals surface area contributed by atoms with Gasteiger partial charge in [0.1, 0.15) is 0 Å². The normalized spacial score (nSPS) is 17.9. The highest BCUT2D eigenvalue weighted by Gasteiger charge is 2.42. The first-order chi connectivity index (χ1) is 16.3. The second kappa shape index (κ2) is 9.69. The second-order valence-corrected chi connectivity index (χ2v) is 8.79. The number of fused-ring (bicyclic) bond motifs is 1. The molecule has 1 aliphatic rings. The summed E-state index contributed by atoms with van der Waals surface area (Å²) in [6.07, 6.45) is 3.66. The number of anilines is 1. The number of H-pyrrole nitrogens is 1. The van der Waals surface area contributed by atoms with Gasteiger partial charge in [0.15, 0.2) is 0 Å². The Kier molecular flexibility index (Phi) is 6.70. The Bertz CT molecular complexity index is 1270. The molecule has 34 heavy (non-hydrogen) atoms. The summed E-state index contributed by atoms with van der Waals surface area (Å²) in [5.74, 6) is -2.09. The van der Waals surface area contributed by atoms with Crippen LogP contribution in [0.25, 0.3) is 10.9 Å². The number of carbonyl (C=O) groups is 4. The van der Waals surface area contributed by atoms with Crippen LogP contribution < -0.4 is 16.0 Å². The van der Waals surface area contributed by atoms with Crippen molar-refractivity contribution in [2.24, 2.45) is 0 Å². The Morgan fingerprint density at radius 1 is 1.09 bits per heavy atom. The van der Waals surface area contributed by atoms with Crippen molar-refractivity contribution in [3.63, 3.8) is 0 Å². The van der Waals surface area contributed by atoms with Crippen LogP contribution in [0.1, 0.15) is 37.3 Å². The van der Waals surface area contributed by atoms with Gasteiger partial charge in [0, 0.05) is 40.8 Å². The monoisotopic (exact) mass is 480 g/mol. The summed E-state index contributed by atoms with van der Waals surface area (Å²) >= 11 is 6.06. The van der Waals surface area contributed by atoms with E-state index in [-0.39, 0.29) is 24.8 Å². The van der Waals surface area contributed by atoms with Crippen molar-refractivity contribution < 1.29 is 19.2 Å². The molecule has 1 aliphatic heterocycles. The van der Waals surface area contributed by atoms with E-state index in [9.17, 15) is 19.2 Å². The van der Waals surface area contributed by atoms with E-state index in [4.69, 9.17) is 11.6 Å². The van der Waals surface area contributed by atoms with Gasteiger partial charge < -0.3 is 15.6 Å². The Labute approximate surface area is 201 Å². The first kappa shape index (κ1) is 23.5. The number of hydrogen-bond donors (Lipinski definition) is 4.